The average molecular weight is 313 g/mol. The van der Waals surface area contributed by atoms with Crippen LogP contribution >= 0.6 is 0 Å². The number of anilines is 1. The highest BCUT2D eigenvalue weighted by molar-refractivity contribution is 7.90. The zero-order chi connectivity index (χ0) is 16.1. The summed E-state index contributed by atoms with van der Waals surface area (Å²) in [7, 11) is -3.57. The fraction of sp³-hybridized carbons (Fsp3) is 0.600. The summed E-state index contributed by atoms with van der Waals surface area (Å²) >= 11 is 0. The molecule has 0 saturated heterocycles. The minimum absolute atomic E-state index is 0.185. The first kappa shape index (κ1) is 17.9. The Labute approximate surface area is 128 Å². The van der Waals surface area contributed by atoms with E-state index in [2.05, 4.69) is 28.6 Å². The molecule has 1 aromatic carbocycles. The lowest BCUT2D eigenvalue weighted by Gasteiger charge is -2.21. The number of nitrogens with one attached hydrogen (secondary N) is 3. The third kappa shape index (κ3) is 6.93. The van der Waals surface area contributed by atoms with Crippen LogP contribution in [0.25, 0.3) is 0 Å². The highest BCUT2D eigenvalue weighted by atomic mass is 32.2. The van der Waals surface area contributed by atoms with Crippen molar-refractivity contribution in [3.05, 3.63) is 29.8 Å². The van der Waals surface area contributed by atoms with Crippen molar-refractivity contribution >= 4 is 15.9 Å². The minimum atomic E-state index is -3.57. The van der Waals surface area contributed by atoms with Gasteiger partial charge in [-0.15, -0.1) is 0 Å². The van der Waals surface area contributed by atoms with Gasteiger partial charge < -0.3 is 5.32 Å². The van der Waals surface area contributed by atoms with Gasteiger partial charge in [0.2, 0.25) is 0 Å². The molecule has 0 aliphatic rings. The third-order valence-corrected chi connectivity index (χ3v) is 4.17. The molecule has 0 aliphatic carbocycles. The van der Waals surface area contributed by atoms with Gasteiger partial charge in [0.25, 0.3) is 10.2 Å². The molecule has 0 spiro atoms. The standard InChI is InChI=1S/C15H27N3O2S/c1-6-10-16-12(2)13-8-7-9-14(11-13)17-21(19,20)18-15(3,4)5/h7-9,11-12,16-18H,6,10H2,1-5H3. The van der Waals surface area contributed by atoms with Crippen LogP contribution in [0.5, 0.6) is 0 Å². The first-order chi connectivity index (χ1) is 9.63. The van der Waals surface area contributed by atoms with Crippen LogP contribution in [0.1, 0.15) is 52.6 Å². The molecule has 0 amide bonds. The summed E-state index contributed by atoms with van der Waals surface area (Å²) in [6.07, 6.45) is 1.06. The van der Waals surface area contributed by atoms with Crippen LogP contribution in [-0.2, 0) is 10.2 Å². The molecule has 1 atom stereocenters. The highest BCUT2D eigenvalue weighted by Crippen LogP contribution is 2.18. The van der Waals surface area contributed by atoms with Crippen LogP contribution in [0.3, 0.4) is 0 Å². The maximum Gasteiger partial charge on any atom is 0.299 e. The summed E-state index contributed by atoms with van der Waals surface area (Å²) in [4.78, 5) is 0. The molecule has 1 unspecified atom stereocenters. The molecule has 1 aromatic rings. The topological polar surface area (TPSA) is 70.2 Å². The Balaban J connectivity index is 2.81. The molecule has 3 N–H and O–H groups in total. The molecule has 0 radical (unpaired) electrons. The zero-order valence-corrected chi connectivity index (χ0v) is 14.3. The third-order valence-electron chi connectivity index (χ3n) is 2.78. The summed E-state index contributed by atoms with van der Waals surface area (Å²) in [6, 6.07) is 7.63. The van der Waals surface area contributed by atoms with Crippen molar-refractivity contribution in [1.29, 1.82) is 0 Å². The molecule has 1 rings (SSSR count). The van der Waals surface area contributed by atoms with Gasteiger partial charge in [0, 0.05) is 11.6 Å². The van der Waals surface area contributed by atoms with E-state index in [0.29, 0.717) is 5.69 Å². The Morgan fingerprint density at radius 1 is 1.24 bits per heavy atom. The molecule has 5 nitrogen and oxygen atoms in total. The molecule has 0 heterocycles. The molecule has 0 aliphatic heterocycles. The van der Waals surface area contributed by atoms with E-state index in [1.165, 1.54) is 0 Å². The monoisotopic (exact) mass is 313 g/mol. The van der Waals surface area contributed by atoms with Crippen molar-refractivity contribution in [2.75, 3.05) is 11.3 Å². The second-order valence-corrected chi connectivity index (χ2v) is 7.67. The van der Waals surface area contributed by atoms with Gasteiger partial charge >= 0.3 is 0 Å². The maximum atomic E-state index is 12.0. The lowest BCUT2D eigenvalue weighted by atomic mass is 10.1. The first-order valence-corrected chi connectivity index (χ1v) is 8.76. The summed E-state index contributed by atoms with van der Waals surface area (Å²) < 4.78 is 29.2. The molecule has 6 heteroatoms. The van der Waals surface area contributed by atoms with Crippen LogP contribution in [0.15, 0.2) is 24.3 Å². The summed E-state index contributed by atoms with van der Waals surface area (Å²) in [5, 5.41) is 3.38. The van der Waals surface area contributed by atoms with Gasteiger partial charge in [-0.3, -0.25) is 4.72 Å². The van der Waals surface area contributed by atoms with Crippen LogP contribution in [0.2, 0.25) is 0 Å². The van der Waals surface area contributed by atoms with Gasteiger partial charge in [0.1, 0.15) is 0 Å². The highest BCUT2D eigenvalue weighted by Gasteiger charge is 2.19. The normalized spacial score (nSPS) is 14.0. The molecular formula is C15H27N3O2S. The molecule has 0 aromatic heterocycles. The Bertz CT molecular complexity index is 550. The van der Waals surface area contributed by atoms with E-state index in [4.69, 9.17) is 0 Å². The number of rotatable bonds is 7. The molecule has 0 bridgehead atoms. The van der Waals surface area contributed by atoms with Gasteiger partial charge in [-0.2, -0.15) is 13.1 Å². The van der Waals surface area contributed by atoms with E-state index in [9.17, 15) is 8.42 Å². The van der Waals surface area contributed by atoms with Gasteiger partial charge in [0.15, 0.2) is 0 Å². The van der Waals surface area contributed by atoms with Crippen molar-refractivity contribution in [2.24, 2.45) is 0 Å². The quantitative estimate of drug-likeness (QED) is 0.725. The molecule has 0 saturated carbocycles. The van der Waals surface area contributed by atoms with Crippen molar-refractivity contribution in [3.63, 3.8) is 0 Å². The SMILES string of the molecule is CCCNC(C)c1cccc(NS(=O)(=O)NC(C)(C)C)c1. The van der Waals surface area contributed by atoms with E-state index in [-0.39, 0.29) is 6.04 Å². The van der Waals surface area contributed by atoms with Crippen molar-refractivity contribution in [3.8, 4) is 0 Å². The second kappa shape index (κ2) is 7.24. The van der Waals surface area contributed by atoms with E-state index < -0.39 is 15.7 Å². The number of hydrogen-bond acceptors (Lipinski definition) is 3. The largest absolute Gasteiger partial charge is 0.310 e. The van der Waals surface area contributed by atoms with E-state index in [0.717, 1.165) is 18.5 Å². The summed E-state index contributed by atoms with van der Waals surface area (Å²) in [5.41, 5.74) is 1.10. The molecule has 120 valence electrons. The van der Waals surface area contributed by atoms with Gasteiger partial charge in [-0.05, 0) is 58.4 Å². The predicted octanol–water partition coefficient (Wildman–Crippen LogP) is 2.79. The van der Waals surface area contributed by atoms with Crippen molar-refractivity contribution in [1.82, 2.24) is 10.0 Å². The number of hydrogen-bond donors (Lipinski definition) is 3. The van der Waals surface area contributed by atoms with Gasteiger partial charge in [-0.1, -0.05) is 19.1 Å². The molecular weight excluding hydrogens is 286 g/mol. The van der Waals surface area contributed by atoms with Gasteiger partial charge in [-0.25, -0.2) is 0 Å². The average Bonchev–Trinajstić information content (AvgIpc) is 2.32. The Morgan fingerprint density at radius 3 is 2.48 bits per heavy atom. The van der Waals surface area contributed by atoms with Crippen molar-refractivity contribution in [2.45, 2.75) is 52.6 Å². The van der Waals surface area contributed by atoms with Crippen LogP contribution < -0.4 is 14.8 Å². The van der Waals surface area contributed by atoms with Crippen LogP contribution in [-0.4, -0.2) is 20.5 Å². The minimum Gasteiger partial charge on any atom is -0.310 e. The van der Waals surface area contributed by atoms with E-state index in [1.807, 2.05) is 18.2 Å². The fourth-order valence-electron chi connectivity index (χ4n) is 1.93. The van der Waals surface area contributed by atoms with E-state index >= 15 is 0 Å². The Hall–Kier alpha value is -1.11. The fourth-order valence-corrected chi connectivity index (χ4v) is 3.23. The Kier molecular flexibility index (Phi) is 6.19. The molecule has 21 heavy (non-hydrogen) atoms. The van der Waals surface area contributed by atoms with E-state index in [1.54, 1.807) is 26.8 Å². The van der Waals surface area contributed by atoms with Crippen molar-refractivity contribution < 1.29 is 8.42 Å². The zero-order valence-electron chi connectivity index (χ0n) is 13.5. The van der Waals surface area contributed by atoms with Crippen LogP contribution in [0.4, 0.5) is 5.69 Å². The molecule has 0 fully saturated rings. The lowest BCUT2D eigenvalue weighted by Crippen LogP contribution is -2.43. The predicted molar refractivity (Wildman–Crippen MR) is 88.6 cm³/mol. The summed E-state index contributed by atoms with van der Waals surface area (Å²) in [6.45, 7) is 10.5. The summed E-state index contributed by atoms with van der Waals surface area (Å²) in [5.74, 6) is 0. The maximum absolute atomic E-state index is 12.0. The lowest BCUT2D eigenvalue weighted by molar-refractivity contribution is 0.494. The Morgan fingerprint density at radius 2 is 1.90 bits per heavy atom. The second-order valence-electron chi connectivity index (χ2n) is 6.26. The number of benzene rings is 1. The smallest absolute Gasteiger partial charge is 0.299 e. The van der Waals surface area contributed by atoms with Gasteiger partial charge in [0.05, 0.1) is 5.69 Å². The first-order valence-electron chi connectivity index (χ1n) is 7.28. The van der Waals surface area contributed by atoms with Crippen LogP contribution in [0, 0.1) is 0 Å².